The summed E-state index contributed by atoms with van der Waals surface area (Å²) in [7, 11) is 0. The molecule has 0 spiro atoms. The van der Waals surface area contributed by atoms with Crippen molar-refractivity contribution >= 4 is 0 Å². The van der Waals surface area contributed by atoms with Gasteiger partial charge in [0.25, 0.3) is 6.43 Å². The molecule has 1 nitrogen and oxygen atoms in total. The number of hydrogen-bond donors (Lipinski definition) is 1. The van der Waals surface area contributed by atoms with Gasteiger partial charge in [-0.3, -0.25) is 0 Å². The van der Waals surface area contributed by atoms with Crippen LogP contribution in [-0.4, -0.2) is 6.04 Å². The van der Waals surface area contributed by atoms with Crippen molar-refractivity contribution < 1.29 is 8.78 Å². The van der Waals surface area contributed by atoms with Gasteiger partial charge in [-0.25, -0.2) is 8.78 Å². The number of halogens is 2. The van der Waals surface area contributed by atoms with Gasteiger partial charge in [0.2, 0.25) is 0 Å². The number of hydrogen-bond acceptors (Lipinski definition) is 1. The van der Waals surface area contributed by atoms with Crippen molar-refractivity contribution in [1.29, 1.82) is 0 Å². The van der Waals surface area contributed by atoms with Gasteiger partial charge in [0.05, 0.1) is 0 Å². The Morgan fingerprint density at radius 2 is 1.94 bits per heavy atom. The molecule has 1 fully saturated rings. The van der Waals surface area contributed by atoms with Gasteiger partial charge in [-0.2, -0.15) is 0 Å². The lowest BCUT2D eigenvalue weighted by Gasteiger charge is -2.23. The maximum absolute atomic E-state index is 12.9. The van der Waals surface area contributed by atoms with Crippen LogP contribution in [-0.2, 0) is 5.41 Å². The van der Waals surface area contributed by atoms with Crippen LogP contribution in [0.4, 0.5) is 8.78 Å². The summed E-state index contributed by atoms with van der Waals surface area (Å²) in [6, 6.07) is 5.09. The predicted molar refractivity (Wildman–Crippen MR) is 60.7 cm³/mol. The van der Waals surface area contributed by atoms with Gasteiger partial charge in [-0.1, -0.05) is 23.8 Å². The Balaban J connectivity index is 2.50. The van der Waals surface area contributed by atoms with Crippen molar-refractivity contribution in [1.82, 2.24) is 0 Å². The summed E-state index contributed by atoms with van der Waals surface area (Å²) in [4.78, 5) is 0. The standard InChI is InChI=1S/C13H17F2N/c1-8-3-4-10(12(14)15)11(7-8)13(5-6-13)9(2)16/h3-4,7,9,12H,5-6,16H2,1-2H3. The first-order valence-corrected chi connectivity index (χ1v) is 5.62. The van der Waals surface area contributed by atoms with E-state index in [1.807, 2.05) is 19.9 Å². The lowest BCUT2D eigenvalue weighted by Crippen LogP contribution is -2.32. The maximum atomic E-state index is 12.9. The molecule has 0 saturated heterocycles. The Morgan fingerprint density at radius 3 is 2.38 bits per heavy atom. The number of benzene rings is 1. The minimum atomic E-state index is -2.41. The molecule has 1 saturated carbocycles. The second-order valence-electron chi connectivity index (χ2n) is 4.84. The Morgan fingerprint density at radius 1 is 1.31 bits per heavy atom. The molecule has 1 unspecified atom stereocenters. The molecule has 1 aromatic carbocycles. The van der Waals surface area contributed by atoms with Crippen LogP contribution in [0.1, 0.15) is 42.9 Å². The molecule has 2 N–H and O–H groups in total. The van der Waals surface area contributed by atoms with Gasteiger partial charge >= 0.3 is 0 Å². The highest BCUT2D eigenvalue weighted by molar-refractivity contribution is 5.43. The van der Waals surface area contributed by atoms with Crippen LogP contribution in [0.25, 0.3) is 0 Å². The SMILES string of the molecule is Cc1ccc(C(F)F)c(C2(C(C)N)CC2)c1. The second kappa shape index (κ2) is 3.81. The Hall–Kier alpha value is -0.960. The van der Waals surface area contributed by atoms with E-state index in [2.05, 4.69) is 0 Å². The largest absolute Gasteiger partial charge is 0.327 e. The van der Waals surface area contributed by atoms with Crippen molar-refractivity contribution in [2.75, 3.05) is 0 Å². The van der Waals surface area contributed by atoms with E-state index in [4.69, 9.17) is 5.73 Å². The molecular weight excluding hydrogens is 208 g/mol. The normalized spacial score (nSPS) is 19.9. The topological polar surface area (TPSA) is 26.0 Å². The van der Waals surface area contributed by atoms with Crippen molar-refractivity contribution in [3.8, 4) is 0 Å². The maximum Gasteiger partial charge on any atom is 0.264 e. The van der Waals surface area contributed by atoms with Crippen LogP contribution in [0.2, 0.25) is 0 Å². The van der Waals surface area contributed by atoms with Crippen molar-refractivity contribution in [3.05, 3.63) is 34.9 Å². The van der Waals surface area contributed by atoms with Gasteiger partial charge in [0, 0.05) is 17.0 Å². The second-order valence-corrected chi connectivity index (χ2v) is 4.84. The summed E-state index contributed by atoms with van der Waals surface area (Å²) < 4.78 is 25.9. The fourth-order valence-corrected chi connectivity index (χ4v) is 2.40. The number of rotatable bonds is 3. The van der Waals surface area contributed by atoms with Gasteiger partial charge in [0.1, 0.15) is 0 Å². The third-order valence-electron chi connectivity index (χ3n) is 3.64. The first-order valence-electron chi connectivity index (χ1n) is 5.62. The first kappa shape index (κ1) is 11.5. The van der Waals surface area contributed by atoms with Crippen LogP contribution >= 0.6 is 0 Å². The summed E-state index contributed by atoms with van der Waals surface area (Å²) in [5, 5.41) is 0. The van der Waals surface area contributed by atoms with Gasteiger partial charge < -0.3 is 5.73 Å². The van der Waals surface area contributed by atoms with Crippen molar-refractivity contribution in [2.45, 2.75) is 44.6 Å². The molecule has 0 bridgehead atoms. The summed E-state index contributed by atoms with van der Waals surface area (Å²) in [5.41, 5.74) is 7.68. The van der Waals surface area contributed by atoms with E-state index in [-0.39, 0.29) is 17.0 Å². The van der Waals surface area contributed by atoms with Crippen LogP contribution < -0.4 is 5.73 Å². The molecule has 1 atom stereocenters. The number of aryl methyl sites for hydroxylation is 1. The summed E-state index contributed by atoms with van der Waals surface area (Å²) in [5.74, 6) is 0. The molecular formula is C13H17F2N. The number of nitrogens with two attached hydrogens (primary N) is 1. The van der Waals surface area contributed by atoms with E-state index in [0.29, 0.717) is 0 Å². The molecule has 2 rings (SSSR count). The first-order chi connectivity index (χ1) is 7.47. The Bertz CT molecular complexity index is 395. The quantitative estimate of drug-likeness (QED) is 0.839. The minimum Gasteiger partial charge on any atom is -0.327 e. The molecule has 3 heteroatoms. The number of alkyl halides is 2. The van der Waals surface area contributed by atoms with E-state index >= 15 is 0 Å². The van der Waals surface area contributed by atoms with Gasteiger partial charge in [-0.05, 0) is 32.3 Å². The molecule has 0 amide bonds. The zero-order valence-electron chi connectivity index (χ0n) is 9.63. The summed E-state index contributed by atoms with van der Waals surface area (Å²) in [6.45, 7) is 3.83. The summed E-state index contributed by atoms with van der Waals surface area (Å²) >= 11 is 0. The molecule has 1 aliphatic rings. The van der Waals surface area contributed by atoms with E-state index in [9.17, 15) is 8.78 Å². The molecule has 0 aliphatic heterocycles. The highest BCUT2D eigenvalue weighted by atomic mass is 19.3. The molecule has 0 radical (unpaired) electrons. The fourth-order valence-electron chi connectivity index (χ4n) is 2.40. The monoisotopic (exact) mass is 225 g/mol. The zero-order chi connectivity index (χ0) is 11.9. The van der Waals surface area contributed by atoms with E-state index < -0.39 is 6.43 Å². The van der Waals surface area contributed by atoms with Crippen molar-refractivity contribution in [2.24, 2.45) is 5.73 Å². The van der Waals surface area contributed by atoms with Crippen LogP contribution in [0.3, 0.4) is 0 Å². The van der Waals surface area contributed by atoms with Gasteiger partial charge in [0.15, 0.2) is 0 Å². The predicted octanol–water partition coefficient (Wildman–Crippen LogP) is 3.31. The van der Waals surface area contributed by atoms with Crippen LogP contribution in [0.15, 0.2) is 18.2 Å². The van der Waals surface area contributed by atoms with E-state index in [0.717, 1.165) is 24.0 Å². The molecule has 1 aromatic rings. The van der Waals surface area contributed by atoms with Crippen LogP contribution in [0, 0.1) is 6.92 Å². The summed E-state index contributed by atoms with van der Waals surface area (Å²) in [6.07, 6.45) is -0.561. The smallest absolute Gasteiger partial charge is 0.264 e. The fraction of sp³-hybridized carbons (Fsp3) is 0.538. The average Bonchev–Trinajstić information content (AvgIpc) is 2.97. The molecule has 16 heavy (non-hydrogen) atoms. The van der Waals surface area contributed by atoms with Gasteiger partial charge in [-0.15, -0.1) is 0 Å². The highest BCUT2D eigenvalue weighted by Gasteiger charge is 2.49. The van der Waals surface area contributed by atoms with Crippen LogP contribution in [0.5, 0.6) is 0 Å². The molecule has 0 heterocycles. The highest BCUT2D eigenvalue weighted by Crippen LogP contribution is 2.52. The molecule has 1 aliphatic carbocycles. The lowest BCUT2D eigenvalue weighted by molar-refractivity contribution is 0.149. The third kappa shape index (κ3) is 1.73. The molecule has 0 aromatic heterocycles. The van der Waals surface area contributed by atoms with E-state index in [1.54, 1.807) is 6.07 Å². The lowest BCUT2D eigenvalue weighted by atomic mass is 9.85. The van der Waals surface area contributed by atoms with E-state index in [1.165, 1.54) is 6.07 Å². The van der Waals surface area contributed by atoms with Crippen molar-refractivity contribution in [3.63, 3.8) is 0 Å². The Labute approximate surface area is 94.7 Å². The average molecular weight is 225 g/mol. The zero-order valence-corrected chi connectivity index (χ0v) is 9.63. The minimum absolute atomic E-state index is 0.0631. The Kier molecular flexibility index (Phi) is 2.74. The molecule has 88 valence electrons. The third-order valence-corrected chi connectivity index (χ3v) is 3.64.